The van der Waals surface area contributed by atoms with Gasteiger partial charge in [-0.2, -0.15) is 0 Å². The van der Waals surface area contributed by atoms with Crippen molar-refractivity contribution in [3.63, 3.8) is 0 Å². The fraction of sp³-hybridized carbons (Fsp3) is 1.00. The molecule has 0 saturated heterocycles. The minimum atomic E-state index is -0.566. The molecule has 0 amide bonds. The van der Waals surface area contributed by atoms with Gasteiger partial charge in [0.05, 0.1) is 6.61 Å². The summed E-state index contributed by atoms with van der Waals surface area (Å²) >= 11 is 0. The Bertz CT molecular complexity index is 102. The van der Waals surface area contributed by atoms with Crippen LogP contribution in [0.2, 0.25) is 0 Å². The second-order valence-corrected chi connectivity index (χ2v) is 3.29. The largest absolute Gasteiger partial charge is 0.388 e. The lowest BCUT2D eigenvalue weighted by Crippen LogP contribution is -2.30. The van der Waals surface area contributed by atoms with E-state index in [9.17, 15) is 5.11 Å². The minimum Gasteiger partial charge on any atom is -0.388 e. The lowest BCUT2D eigenvalue weighted by molar-refractivity contribution is -0.191. The summed E-state index contributed by atoms with van der Waals surface area (Å²) in [7, 11) is 0. The van der Waals surface area contributed by atoms with Crippen LogP contribution in [0.4, 0.5) is 0 Å². The van der Waals surface area contributed by atoms with E-state index in [4.69, 9.17) is 9.47 Å². The van der Waals surface area contributed by atoms with E-state index in [-0.39, 0.29) is 0 Å². The van der Waals surface area contributed by atoms with E-state index in [0.29, 0.717) is 19.1 Å². The van der Waals surface area contributed by atoms with Crippen LogP contribution in [0.25, 0.3) is 0 Å². The number of ether oxygens (including phenoxy) is 2. The Morgan fingerprint density at radius 2 is 1.75 bits per heavy atom. The normalized spacial score (nSPS) is 16.5. The number of hydrogen-bond acceptors (Lipinski definition) is 3. The molecule has 0 aliphatic carbocycles. The maximum Gasteiger partial charge on any atom is 0.183 e. The molecule has 3 nitrogen and oxygen atoms in total. The highest BCUT2D eigenvalue weighted by molar-refractivity contribution is 4.53. The Hall–Kier alpha value is -0.120. The lowest BCUT2D eigenvalue weighted by atomic mass is 10.2. The highest BCUT2D eigenvalue weighted by atomic mass is 16.7. The van der Waals surface area contributed by atoms with E-state index < -0.39 is 12.4 Å². The summed E-state index contributed by atoms with van der Waals surface area (Å²) in [5.41, 5.74) is 0. The molecule has 0 aliphatic heterocycles. The van der Waals surface area contributed by atoms with Gasteiger partial charge in [-0.3, -0.25) is 0 Å². The summed E-state index contributed by atoms with van der Waals surface area (Å²) in [6.07, 6.45) is -1.04. The third-order valence-corrected chi connectivity index (χ3v) is 1.32. The van der Waals surface area contributed by atoms with Gasteiger partial charge in [-0.1, -0.05) is 13.8 Å². The second kappa shape index (κ2) is 6.40. The number of aliphatic hydroxyl groups is 1. The molecule has 0 spiro atoms. The minimum absolute atomic E-state index is 0.465. The molecule has 0 radical (unpaired) electrons. The molecule has 3 heteroatoms. The Kier molecular flexibility index (Phi) is 6.34. The van der Waals surface area contributed by atoms with Gasteiger partial charge in [-0.15, -0.1) is 0 Å². The smallest absolute Gasteiger partial charge is 0.183 e. The van der Waals surface area contributed by atoms with Crippen molar-refractivity contribution in [1.82, 2.24) is 0 Å². The Morgan fingerprint density at radius 3 is 2.08 bits per heavy atom. The van der Waals surface area contributed by atoms with E-state index >= 15 is 0 Å². The number of rotatable bonds is 6. The molecular weight excluding hydrogens is 156 g/mol. The van der Waals surface area contributed by atoms with Gasteiger partial charge in [0.25, 0.3) is 0 Å². The van der Waals surface area contributed by atoms with Crippen molar-refractivity contribution in [1.29, 1.82) is 0 Å². The van der Waals surface area contributed by atoms with Crippen molar-refractivity contribution >= 4 is 0 Å². The highest BCUT2D eigenvalue weighted by Gasteiger charge is 2.15. The zero-order chi connectivity index (χ0) is 9.56. The fourth-order valence-electron chi connectivity index (χ4n) is 0.778. The Balaban J connectivity index is 3.63. The van der Waals surface area contributed by atoms with Crippen LogP contribution in [0.3, 0.4) is 0 Å². The summed E-state index contributed by atoms with van der Waals surface area (Å²) in [5.74, 6) is 0.465. The SMILES string of the molecule is CCOC(OCC(C)C)C(C)O. The van der Waals surface area contributed by atoms with Crippen LogP contribution in [0.15, 0.2) is 0 Å². The summed E-state index contributed by atoms with van der Waals surface area (Å²) in [4.78, 5) is 0. The fourth-order valence-corrected chi connectivity index (χ4v) is 0.778. The zero-order valence-corrected chi connectivity index (χ0v) is 8.41. The molecule has 74 valence electrons. The van der Waals surface area contributed by atoms with Crippen LogP contribution in [0.5, 0.6) is 0 Å². The predicted molar refractivity (Wildman–Crippen MR) is 47.9 cm³/mol. The van der Waals surface area contributed by atoms with Crippen molar-refractivity contribution < 1.29 is 14.6 Å². The van der Waals surface area contributed by atoms with Gasteiger partial charge in [0.1, 0.15) is 6.10 Å². The third kappa shape index (κ3) is 5.52. The summed E-state index contributed by atoms with van der Waals surface area (Å²) in [6, 6.07) is 0. The first kappa shape index (κ1) is 11.9. The number of aliphatic hydroxyl groups excluding tert-OH is 1. The third-order valence-electron chi connectivity index (χ3n) is 1.32. The van der Waals surface area contributed by atoms with Gasteiger partial charge in [-0.25, -0.2) is 0 Å². The van der Waals surface area contributed by atoms with E-state index in [2.05, 4.69) is 13.8 Å². The van der Waals surface area contributed by atoms with Crippen LogP contribution in [-0.2, 0) is 9.47 Å². The second-order valence-electron chi connectivity index (χ2n) is 3.29. The van der Waals surface area contributed by atoms with Crippen molar-refractivity contribution in [3.05, 3.63) is 0 Å². The summed E-state index contributed by atoms with van der Waals surface area (Å²) in [5, 5.41) is 9.21. The van der Waals surface area contributed by atoms with Crippen molar-refractivity contribution in [2.75, 3.05) is 13.2 Å². The molecular formula is C9H20O3. The zero-order valence-electron chi connectivity index (χ0n) is 8.41. The Labute approximate surface area is 74.7 Å². The van der Waals surface area contributed by atoms with Gasteiger partial charge >= 0.3 is 0 Å². The monoisotopic (exact) mass is 176 g/mol. The highest BCUT2D eigenvalue weighted by Crippen LogP contribution is 2.04. The molecule has 0 fully saturated rings. The van der Waals surface area contributed by atoms with Gasteiger partial charge in [0.15, 0.2) is 6.29 Å². The van der Waals surface area contributed by atoms with Gasteiger partial charge in [0.2, 0.25) is 0 Å². The molecule has 0 bridgehead atoms. The van der Waals surface area contributed by atoms with Crippen LogP contribution in [0.1, 0.15) is 27.7 Å². The van der Waals surface area contributed by atoms with Gasteiger partial charge in [0, 0.05) is 6.61 Å². The quantitative estimate of drug-likeness (QED) is 0.622. The van der Waals surface area contributed by atoms with Crippen LogP contribution >= 0.6 is 0 Å². The van der Waals surface area contributed by atoms with Crippen molar-refractivity contribution in [2.24, 2.45) is 5.92 Å². The first-order valence-electron chi connectivity index (χ1n) is 4.49. The summed E-state index contributed by atoms with van der Waals surface area (Å²) < 4.78 is 10.5. The van der Waals surface area contributed by atoms with E-state index in [1.165, 1.54) is 0 Å². The average Bonchev–Trinajstić information content (AvgIpc) is 1.96. The Morgan fingerprint density at radius 1 is 1.17 bits per heavy atom. The first-order valence-corrected chi connectivity index (χ1v) is 4.49. The van der Waals surface area contributed by atoms with E-state index in [1.807, 2.05) is 6.92 Å². The first-order chi connectivity index (χ1) is 5.57. The molecule has 0 saturated carbocycles. The van der Waals surface area contributed by atoms with E-state index in [0.717, 1.165) is 0 Å². The van der Waals surface area contributed by atoms with Crippen LogP contribution in [-0.4, -0.2) is 30.7 Å². The molecule has 0 aliphatic rings. The topological polar surface area (TPSA) is 38.7 Å². The predicted octanol–water partition coefficient (Wildman–Crippen LogP) is 1.40. The molecule has 0 aromatic rings. The molecule has 0 aromatic heterocycles. The maximum atomic E-state index is 9.21. The van der Waals surface area contributed by atoms with Crippen LogP contribution in [0, 0.1) is 5.92 Å². The number of hydrogen-bond donors (Lipinski definition) is 1. The lowest BCUT2D eigenvalue weighted by Gasteiger charge is -2.21. The van der Waals surface area contributed by atoms with Crippen molar-refractivity contribution in [2.45, 2.75) is 40.1 Å². The molecule has 2 unspecified atom stereocenters. The average molecular weight is 176 g/mol. The molecule has 12 heavy (non-hydrogen) atoms. The van der Waals surface area contributed by atoms with Gasteiger partial charge in [-0.05, 0) is 19.8 Å². The molecule has 0 aromatic carbocycles. The van der Waals surface area contributed by atoms with E-state index in [1.54, 1.807) is 6.92 Å². The standard InChI is InChI=1S/C9H20O3/c1-5-11-9(8(4)10)12-6-7(2)3/h7-10H,5-6H2,1-4H3. The van der Waals surface area contributed by atoms with Gasteiger partial charge < -0.3 is 14.6 Å². The van der Waals surface area contributed by atoms with Crippen LogP contribution < -0.4 is 0 Å². The summed E-state index contributed by atoms with van der Waals surface area (Å²) in [6.45, 7) is 8.86. The molecule has 0 rings (SSSR count). The molecule has 0 heterocycles. The molecule has 1 N–H and O–H groups in total. The molecule has 2 atom stereocenters. The van der Waals surface area contributed by atoms with Crippen molar-refractivity contribution in [3.8, 4) is 0 Å². The maximum absolute atomic E-state index is 9.21.